The predicted molar refractivity (Wildman–Crippen MR) is 119 cm³/mol. The number of allylic oxidation sites excluding steroid dienone is 1. The van der Waals surface area contributed by atoms with Crippen molar-refractivity contribution in [2.45, 2.75) is 12.8 Å². The third kappa shape index (κ3) is 4.10. The van der Waals surface area contributed by atoms with Crippen LogP contribution in [0.25, 0.3) is 28.5 Å². The Labute approximate surface area is 167 Å². The summed E-state index contributed by atoms with van der Waals surface area (Å²) in [5.41, 5.74) is 6.80. The van der Waals surface area contributed by atoms with E-state index >= 15 is 0 Å². The monoisotopic (exact) mass is 361 g/mol. The van der Waals surface area contributed by atoms with Gasteiger partial charge in [0.05, 0.1) is 5.69 Å². The van der Waals surface area contributed by atoms with Gasteiger partial charge in [0.15, 0.2) is 0 Å². The average Bonchev–Trinajstić information content (AvgIpc) is 2.79. The normalized spacial score (nSPS) is 12.2. The van der Waals surface area contributed by atoms with E-state index in [0.717, 1.165) is 22.5 Å². The van der Waals surface area contributed by atoms with Gasteiger partial charge in [0.1, 0.15) is 0 Å². The largest absolute Gasteiger partial charge is 0.252 e. The highest BCUT2D eigenvalue weighted by Crippen LogP contribution is 2.32. The van der Waals surface area contributed by atoms with Crippen molar-refractivity contribution in [1.29, 1.82) is 0 Å². The van der Waals surface area contributed by atoms with Crippen LogP contribution >= 0.6 is 0 Å². The number of hydrogen-bond donors (Lipinski definition) is 0. The average molecular weight is 361 g/mol. The van der Waals surface area contributed by atoms with E-state index in [2.05, 4.69) is 104 Å². The third-order valence-electron chi connectivity index (χ3n) is 4.89. The van der Waals surface area contributed by atoms with Crippen LogP contribution in [0.3, 0.4) is 0 Å². The van der Waals surface area contributed by atoms with Crippen LogP contribution in [0, 0.1) is 0 Å². The lowest BCUT2D eigenvalue weighted by atomic mass is 9.96. The van der Waals surface area contributed by atoms with Gasteiger partial charge in [-0.1, -0.05) is 116 Å². The van der Waals surface area contributed by atoms with E-state index in [4.69, 9.17) is 4.98 Å². The first-order chi connectivity index (χ1) is 13.8. The topological polar surface area (TPSA) is 12.9 Å². The van der Waals surface area contributed by atoms with Gasteiger partial charge in [0, 0.05) is 22.7 Å². The molecule has 0 aliphatic carbocycles. The standard InChI is InChI=1S/C27H23N/c1-21(17-18-22-11-5-2-6-12-22)26-20-19-25(23-13-7-3-8-14-23)27(28-26)24-15-9-4-10-16-24/h2-21H,1H3. The second-order valence-electron chi connectivity index (χ2n) is 6.92. The van der Waals surface area contributed by atoms with Gasteiger partial charge in [-0.2, -0.15) is 0 Å². The number of aromatic nitrogens is 1. The lowest BCUT2D eigenvalue weighted by Crippen LogP contribution is -1.98. The van der Waals surface area contributed by atoms with E-state index in [1.165, 1.54) is 11.1 Å². The van der Waals surface area contributed by atoms with Gasteiger partial charge in [0.25, 0.3) is 0 Å². The summed E-state index contributed by atoms with van der Waals surface area (Å²) in [4.78, 5) is 5.08. The molecular weight excluding hydrogens is 338 g/mol. The lowest BCUT2D eigenvalue weighted by Gasteiger charge is -2.14. The summed E-state index contributed by atoms with van der Waals surface area (Å²) < 4.78 is 0. The van der Waals surface area contributed by atoms with Crippen LogP contribution in [0.5, 0.6) is 0 Å². The lowest BCUT2D eigenvalue weighted by molar-refractivity contribution is 0.914. The summed E-state index contributed by atoms with van der Waals surface area (Å²) >= 11 is 0. The molecule has 4 aromatic rings. The molecule has 0 N–H and O–H groups in total. The zero-order chi connectivity index (χ0) is 19.2. The highest BCUT2D eigenvalue weighted by molar-refractivity contribution is 5.80. The summed E-state index contributed by atoms with van der Waals surface area (Å²) in [6, 6.07) is 35.6. The van der Waals surface area contributed by atoms with Crippen LogP contribution in [0.1, 0.15) is 24.1 Å². The Bertz CT molecular complexity index is 1050. The van der Waals surface area contributed by atoms with Gasteiger partial charge in [-0.3, -0.25) is 4.98 Å². The summed E-state index contributed by atoms with van der Waals surface area (Å²) in [5, 5.41) is 0. The Morgan fingerprint density at radius 2 is 1.21 bits per heavy atom. The molecule has 0 spiro atoms. The Kier molecular flexibility index (Phi) is 5.44. The smallest absolute Gasteiger partial charge is 0.0783 e. The van der Waals surface area contributed by atoms with Crippen LogP contribution < -0.4 is 0 Å². The maximum atomic E-state index is 5.08. The van der Waals surface area contributed by atoms with E-state index in [9.17, 15) is 0 Å². The molecule has 0 radical (unpaired) electrons. The van der Waals surface area contributed by atoms with E-state index in [1.54, 1.807) is 0 Å². The molecule has 0 saturated carbocycles. The highest BCUT2D eigenvalue weighted by atomic mass is 14.7. The predicted octanol–water partition coefficient (Wildman–Crippen LogP) is 7.23. The molecular formula is C27H23N. The van der Waals surface area contributed by atoms with Crippen molar-refractivity contribution in [1.82, 2.24) is 4.98 Å². The molecule has 0 aliphatic rings. The van der Waals surface area contributed by atoms with Crippen molar-refractivity contribution in [2.75, 3.05) is 0 Å². The third-order valence-corrected chi connectivity index (χ3v) is 4.89. The van der Waals surface area contributed by atoms with E-state index in [1.807, 2.05) is 18.2 Å². The molecule has 0 saturated heterocycles. The van der Waals surface area contributed by atoms with E-state index < -0.39 is 0 Å². The van der Waals surface area contributed by atoms with Crippen molar-refractivity contribution in [3.8, 4) is 22.4 Å². The van der Waals surface area contributed by atoms with Gasteiger partial charge in [-0.25, -0.2) is 0 Å². The molecule has 4 rings (SSSR count). The Hall–Kier alpha value is -3.45. The molecule has 1 heterocycles. The maximum Gasteiger partial charge on any atom is 0.0783 e. The molecule has 1 aromatic heterocycles. The van der Waals surface area contributed by atoms with Gasteiger partial charge >= 0.3 is 0 Å². The fourth-order valence-electron chi connectivity index (χ4n) is 3.31. The zero-order valence-corrected chi connectivity index (χ0v) is 16.0. The van der Waals surface area contributed by atoms with Crippen LogP contribution in [-0.4, -0.2) is 4.98 Å². The molecule has 0 bridgehead atoms. The van der Waals surface area contributed by atoms with Gasteiger partial charge in [-0.15, -0.1) is 0 Å². The summed E-state index contributed by atoms with van der Waals surface area (Å²) in [7, 11) is 0. The summed E-state index contributed by atoms with van der Waals surface area (Å²) in [6.07, 6.45) is 4.38. The summed E-state index contributed by atoms with van der Waals surface area (Å²) in [5.74, 6) is 0.229. The minimum atomic E-state index is 0.229. The number of benzene rings is 3. The second-order valence-corrected chi connectivity index (χ2v) is 6.92. The molecule has 0 fully saturated rings. The Morgan fingerprint density at radius 1 is 0.643 bits per heavy atom. The Balaban J connectivity index is 1.73. The van der Waals surface area contributed by atoms with Crippen LogP contribution in [-0.2, 0) is 0 Å². The first-order valence-corrected chi connectivity index (χ1v) is 9.66. The number of nitrogens with zero attached hydrogens (tertiary/aromatic N) is 1. The minimum absolute atomic E-state index is 0.229. The van der Waals surface area contributed by atoms with Crippen molar-refractivity contribution in [2.24, 2.45) is 0 Å². The van der Waals surface area contributed by atoms with E-state index in [0.29, 0.717) is 0 Å². The van der Waals surface area contributed by atoms with Crippen molar-refractivity contribution in [3.63, 3.8) is 0 Å². The zero-order valence-electron chi connectivity index (χ0n) is 16.0. The molecule has 1 heteroatoms. The minimum Gasteiger partial charge on any atom is -0.252 e. The van der Waals surface area contributed by atoms with Crippen LogP contribution in [0.2, 0.25) is 0 Å². The van der Waals surface area contributed by atoms with Crippen molar-refractivity contribution in [3.05, 3.63) is 120 Å². The Morgan fingerprint density at radius 3 is 1.86 bits per heavy atom. The molecule has 136 valence electrons. The maximum absolute atomic E-state index is 5.08. The van der Waals surface area contributed by atoms with Gasteiger partial charge in [0.2, 0.25) is 0 Å². The second kappa shape index (κ2) is 8.49. The van der Waals surface area contributed by atoms with E-state index in [-0.39, 0.29) is 5.92 Å². The molecule has 1 nitrogen and oxygen atoms in total. The molecule has 28 heavy (non-hydrogen) atoms. The fourth-order valence-corrected chi connectivity index (χ4v) is 3.31. The molecule has 1 atom stereocenters. The first kappa shape index (κ1) is 17.9. The van der Waals surface area contributed by atoms with Crippen LogP contribution in [0.4, 0.5) is 0 Å². The van der Waals surface area contributed by atoms with Crippen molar-refractivity contribution < 1.29 is 0 Å². The first-order valence-electron chi connectivity index (χ1n) is 9.66. The quantitative estimate of drug-likeness (QED) is 0.365. The summed E-state index contributed by atoms with van der Waals surface area (Å²) in [6.45, 7) is 2.19. The highest BCUT2D eigenvalue weighted by Gasteiger charge is 2.12. The molecule has 1 unspecified atom stereocenters. The van der Waals surface area contributed by atoms with Crippen LogP contribution in [0.15, 0.2) is 109 Å². The fraction of sp³-hybridized carbons (Fsp3) is 0.0741. The number of hydrogen-bond acceptors (Lipinski definition) is 1. The molecule has 3 aromatic carbocycles. The van der Waals surface area contributed by atoms with Gasteiger partial charge < -0.3 is 0 Å². The number of pyridine rings is 1. The van der Waals surface area contributed by atoms with Gasteiger partial charge in [-0.05, 0) is 17.2 Å². The number of rotatable bonds is 5. The molecule has 0 amide bonds. The molecule has 0 aliphatic heterocycles. The SMILES string of the molecule is CC(C=Cc1ccccc1)c1ccc(-c2ccccc2)c(-c2ccccc2)n1. The van der Waals surface area contributed by atoms with Crippen molar-refractivity contribution >= 4 is 6.08 Å².